The summed E-state index contributed by atoms with van der Waals surface area (Å²) in [5.41, 5.74) is 0.0457. The van der Waals surface area contributed by atoms with E-state index in [0.717, 1.165) is 31.7 Å². The minimum atomic E-state index is -0.519. The minimum absolute atomic E-state index is 0.0892. The normalized spacial score (nSPS) is 17.6. The first-order chi connectivity index (χ1) is 9.56. The van der Waals surface area contributed by atoms with Crippen LogP contribution >= 0.6 is 0 Å². The molecule has 6 heteroatoms. The number of nitro groups is 1. The van der Waals surface area contributed by atoms with E-state index in [1.807, 2.05) is 0 Å². The van der Waals surface area contributed by atoms with E-state index in [4.69, 9.17) is 0 Å². The van der Waals surface area contributed by atoms with Crippen LogP contribution in [0.15, 0.2) is 18.2 Å². The molecular weight excluding hydrogens is 260 g/mol. The Balaban J connectivity index is 2.11. The van der Waals surface area contributed by atoms with E-state index in [2.05, 4.69) is 5.32 Å². The van der Waals surface area contributed by atoms with Gasteiger partial charge in [-0.05, 0) is 25.0 Å². The molecule has 0 aromatic heterocycles. The van der Waals surface area contributed by atoms with Gasteiger partial charge in [0.25, 0.3) is 5.69 Å². The number of nitro benzene ring substituents is 1. The molecule has 6 nitrogen and oxygen atoms in total. The van der Waals surface area contributed by atoms with E-state index in [0.29, 0.717) is 12.2 Å². The third kappa shape index (κ3) is 3.19. The first kappa shape index (κ1) is 14.6. The summed E-state index contributed by atoms with van der Waals surface area (Å²) < 4.78 is 0. The van der Waals surface area contributed by atoms with Gasteiger partial charge in [-0.2, -0.15) is 0 Å². The van der Waals surface area contributed by atoms with Crippen molar-refractivity contribution in [2.45, 2.75) is 32.1 Å². The Kier molecular flexibility index (Phi) is 4.44. The van der Waals surface area contributed by atoms with Crippen LogP contribution in [-0.2, 0) is 0 Å². The van der Waals surface area contributed by atoms with Gasteiger partial charge in [0.1, 0.15) is 11.4 Å². The number of anilines is 1. The first-order valence-electron chi connectivity index (χ1n) is 6.88. The van der Waals surface area contributed by atoms with Gasteiger partial charge in [-0.3, -0.25) is 10.1 Å². The predicted molar refractivity (Wildman–Crippen MR) is 75.9 cm³/mol. The maximum atomic E-state index is 11.0. The topological polar surface area (TPSA) is 95.6 Å². The highest BCUT2D eigenvalue weighted by atomic mass is 16.6. The van der Waals surface area contributed by atoms with Crippen molar-refractivity contribution in [3.63, 3.8) is 0 Å². The number of hydrogen-bond donors (Lipinski definition) is 3. The summed E-state index contributed by atoms with van der Waals surface area (Å²) in [5.74, 6) is -0.128. The lowest BCUT2D eigenvalue weighted by atomic mass is 9.74. The van der Waals surface area contributed by atoms with Gasteiger partial charge in [0.05, 0.1) is 17.6 Å². The van der Waals surface area contributed by atoms with Crippen molar-refractivity contribution in [2.24, 2.45) is 5.41 Å². The average molecular weight is 280 g/mol. The van der Waals surface area contributed by atoms with E-state index < -0.39 is 4.92 Å². The lowest BCUT2D eigenvalue weighted by Crippen LogP contribution is -2.35. The number of nitrogens with zero attached hydrogens (tertiary/aromatic N) is 1. The summed E-state index contributed by atoms with van der Waals surface area (Å²) in [5, 5.41) is 33.0. The fourth-order valence-electron chi connectivity index (χ4n) is 2.80. The summed E-state index contributed by atoms with van der Waals surface area (Å²) in [6.07, 6.45) is 5.21. The van der Waals surface area contributed by atoms with Crippen LogP contribution in [0.5, 0.6) is 5.75 Å². The molecule has 1 aliphatic carbocycles. The summed E-state index contributed by atoms with van der Waals surface area (Å²) in [6.45, 7) is 0.598. The number of aliphatic hydroxyl groups excluding tert-OH is 1. The van der Waals surface area contributed by atoms with Crippen molar-refractivity contribution in [1.82, 2.24) is 0 Å². The number of aliphatic hydroxyl groups is 1. The highest BCUT2D eigenvalue weighted by molar-refractivity contribution is 5.63. The van der Waals surface area contributed by atoms with Crippen molar-refractivity contribution in [3.8, 4) is 5.75 Å². The Bertz CT molecular complexity index is 484. The van der Waals surface area contributed by atoms with Crippen molar-refractivity contribution < 1.29 is 15.1 Å². The van der Waals surface area contributed by atoms with Crippen molar-refractivity contribution in [2.75, 3.05) is 18.5 Å². The predicted octanol–water partition coefficient (Wildman–Crippen LogP) is 2.66. The SMILES string of the molecule is O=[N+]([O-])c1cc(O)ccc1NCC1(CO)CCCCC1. The molecule has 0 atom stereocenters. The molecule has 20 heavy (non-hydrogen) atoms. The second-order valence-corrected chi connectivity index (χ2v) is 5.53. The zero-order chi connectivity index (χ0) is 14.6. The second-order valence-electron chi connectivity index (χ2n) is 5.53. The molecule has 0 spiro atoms. The van der Waals surface area contributed by atoms with Gasteiger partial charge in [-0.15, -0.1) is 0 Å². The molecule has 110 valence electrons. The van der Waals surface area contributed by atoms with Crippen LogP contribution in [0.25, 0.3) is 0 Å². The molecule has 0 aliphatic heterocycles. The van der Waals surface area contributed by atoms with E-state index in [9.17, 15) is 20.3 Å². The number of aromatic hydroxyl groups is 1. The summed E-state index contributed by atoms with van der Waals surface area (Å²) in [6, 6.07) is 4.05. The van der Waals surface area contributed by atoms with Gasteiger partial charge < -0.3 is 15.5 Å². The first-order valence-corrected chi connectivity index (χ1v) is 6.88. The molecule has 0 radical (unpaired) electrons. The van der Waals surface area contributed by atoms with Crippen LogP contribution in [0.4, 0.5) is 11.4 Å². The van der Waals surface area contributed by atoms with Gasteiger partial charge in [0.15, 0.2) is 0 Å². The molecular formula is C14H20N2O4. The zero-order valence-electron chi connectivity index (χ0n) is 11.3. The Morgan fingerprint density at radius 1 is 1.30 bits per heavy atom. The van der Waals surface area contributed by atoms with Gasteiger partial charge in [0.2, 0.25) is 0 Å². The van der Waals surface area contributed by atoms with Crippen LogP contribution in [0, 0.1) is 15.5 Å². The van der Waals surface area contributed by atoms with E-state index in [1.54, 1.807) is 0 Å². The number of phenolic OH excluding ortho intramolecular Hbond substituents is 1. The fraction of sp³-hybridized carbons (Fsp3) is 0.571. The molecule has 0 saturated heterocycles. The fourth-order valence-corrected chi connectivity index (χ4v) is 2.80. The van der Waals surface area contributed by atoms with E-state index >= 15 is 0 Å². The zero-order valence-corrected chi connectivity index (χ0v) is 11.3. The average Bonchev–Trinajstić information content (AvgIpc) is 2.47. The highest BCUT2D eigenvalue weighted by Gasteiger charge is 2.31. The monoisotopic (exact) mass is 280 g/mol. The molecule has 1 aromatic carbocycles. The van der Waals surface area contributed by atoms with Crippen LogP contribution in [0.3, 0.4) is 0 Å². The van der Waals surface area contributed by atoms with E-state index in [-0.39, 0.29) is 23.5 Å². The summed E-state index contributed by atoms with van der Waals surface area (Å²) in [7, 11) is 0. The molecule has 1 aliphatic rings. The molecule has 1 aromatic rings. The quantitative estimate of drug-likeness (QED) is 0.438. The number of nitrogens with one attached hydrogen (secondary N) is 1. The number of rotatable bonds is 5. The lowest BCUT2D eigenvalue weighted by Gasteiger charge is -2.35. The van der Waals surface area contributed by atoms with Gasteiger partial charge in [-0.25, -0.2) is 0 Å². The number of phenols is 1. The number of benzene rings is 1. The van der Waals surface area contributed by atoms with Gasteiger partial charge in [-0.1, -0.05) is 19.3 Å². The molecule has 1 saturated carbocycles. The Morgan fingerprint density at radius 2 is 2.00 bits per heavy atom. The van der Waals surface area contributed by atoms with Crippen molar-refractivity contribution in [1.29, 1.82) is 0 Å². The maximum absolute atomic E-state index is 11.0. The van der Waals surface area contributed by atoms with Gasteiger partial charge >= 0.3 is 0 Å². The Labute approximate surface area is 117 Å². The molecule has 3 N–H and O–H groups in total. The Hall–Kier alpha value is -1.82. The lowest BCUT2D eigenvalue weighted by molar-refractivity contribution is -0.384. The van der Waals surface area contributed by atoms with Gasteiger partial charge in [0, 0.05) is 12.0 Å². The van der Waals surface area contributed by atoms with Crippen molar-refractivity contribution >= 4 is 11.4 Å². The van der Waals surface area contributed by atoms with Crippen LogP contribution in [0.2, 0.25) is 0 Å². The third-order valence-electron chi connectivity index (χ3n) is 4.08. The maximum Gasteiger partial charge on any atom is 0.296 e. The Morgan fingerprint density at radius 3 is 2.60 bits per heavy atom. The molecule has 1 fully saturated rings. The highest BCUT2D eigenvalue weighted by Crippen LogP contribution is 2.37. The third-order valence-corrected chi connectivity index (χ3v) is 4.08. The summed E-state index contributed by atoms with van der Waals surface area (Å²) >= 11 is 0. The molecule has 0 heterocycles. The molecule has 2 rings (SSSR count). The van der Waals surface area contributed by atoms with E-state index in [1.165, 1.54) is 18.6 Å². The smallest absolute Gasteiger partial charge is 0.296 e. The molecule has 0 unspecified atom stereocenters. The largest absolute Gasteiger partial charge is 0.508 e. The minimum Gasteiger partial charge on any atom is -0.508 e. The summed E-state index contributed by atoms with van der Waals surface area (Å²) in [4.78, 5) is 10.5. The van der Waals surface area contributed by atoms with Crippen LogP contribution in [0.1, 0.15) is 32.1 Å². The standard InChI is InChI=1S/C14H20N2O4/c17-10-14(6-2-1-3-7-14)9-15-12-5-4-11(18)8-13(12)16(19)20/h4-5,8,15,17-18H,1-3,6-7,9-10H2. The second kappa shape index (κ2) is 6.09. The molecule has 0 amide bonds. The van der Waals surface area contributed by atoms with Crippen molar-refractivity contribution in [3.05, 3.63) is 28.3 Å². The van der Waals surface area contributed by atoms with Crippen LogP contribution < -0.4 is 5.32 Å². The van der Waals surface area contributed by atoms with Crippen LogP contribution in [-0.4, -0.2) is 28.3 Å². The molecule has 0 bridgehead atoms. The number of hydrogen-bond acceptors (Lipinski definition) is 5.